The molecule has 0 aliphatic rings. The van der Waals surface area contributed by atoms with Crippen LogP contribution in [-0.2, 0) is 4.74 Å². The molecule has 1 nitrogen and oxygen atoms in total. The molecule has 316 valence electrons. The molecule has 0 rings (SSSR count). The van der Waals surface area contributed by atoms with Crippen LogP contribution >= 0.6 is 0 Å². The van der Waals surface area contributed by atoms with Gasteiger partial charge in [0, 0.05) is 0 Å². The van der Waals surface area contributed by atoms with E-state index in [1.807, 2.05) is 0 Å². The van der Waals surface area contributed by atoms with E-state index in [0.29, 0.717) is 44.5 Å². The lowest BCUT2D eigenvalue weighted by atomic mass is 9.78. The lowest BCUT2D eigenvalue weighted by molar-refractivity contribution is -0.0290. The predicted molar refractivity (Wildman–Crippen MR) is 244 cm³/mol. The zero-order valence-electron chi connectivity index (χ0n) is 42.5. The molecule has 0 spiro atoms. The summed E-state index contributed by atoms with van der Waals surface area (Å²) in [6.07, 6.45) is 6.77. The fraction of sp³-hybridized carbons (Fsp3) is 0.960. The van der Waals surface area contributed by atoms with Gasteiger partial charge in [-0.15, -0.1) is 6.58 Å². The van der Waals surface area contributed by atoms with E-state index in [1.54, 1.807) is 6.08 Å². The van der Waals surface area contributed by atoms with Gasteiger partial charge in [-0.3, -0.25) is 0 Å². The summed E-state index contributed by atoms with van der Waals surface area (Å²) in [5.41, 5.74) is 3.29. The third-order valence-electron chi connectivity index (χ3n) is 9.18. The first-order valence-electron chi connectivity index (χ1n) is 21.0. The van der Waals surface area contributed by atoms with Crippen LogP contribution in [0.5, 0.6) is 0 Å². The molecule has 0 aromatic rings. The molecule has 51 heavy (non-hydrogen) atoms. The summed E-state index contributed by atoms with van der Waals surface area (Å²) >= 11 is 0. The minimum Gasteiger partial charge on any atom is -0.372 e. The Morgan fingerprint density at radius 1 is 0.451 bits per heavy atom. The summed E-state index contributed by atoms with van der Waals surface area (Å²) < 4.78 is 5.64. The monoisotopic (exact) mass is 727 g/mol. The zero-order valence-corrected chi connectivity index (χ0v) is 42.5. The number of rotatable bonds is 6. The summed E-state index contributed by atoms with van der Waals surface area (Å²) in [7, 11) is 0. The second-order valence-electron chi connectivity index (χ2n) is 25.3. The van der Waals surface area contributed by atoms with Crippen molar-refractivity contribution in [3.05, 3.63) is 12.7 Å². The first-order valence-corrected chi connectivity index (χ1v) is 21.0. The van der Waals surface area contributed by atoms with Crippen LogP contribution in [0.1, 0.15) is 240 Å². The van der Waals surface area contributed by atoms with Gasteiger partial charge in [-0.05, 0) is 94.7 Å². The average Bonchev–Trinajstić information content (AvgIpc) is 2.77. The minimum absolute atomic E-state index is 0.0353. The van der Waals surface area contributed by atoms with Gasteiger partial charge in [0.2, 0.25) is 0 Å². The second kappa shape index (κ2) is 26.5. The quantitative estimate of drug-likeness (QED) is 0.248. The molecule has 0 N–H and O–H groups in total. The minimum atomic E-state index is -0.0353. The Hall–Kier alpha value is -0.300. The Morgan fingerprint density at radius 3 is 0.804 bits per heavy atom. The van der Waals surface area contributed by atoms with Gasteiger partial charge in [0.25, 0.3) is 0 Å². The topological polar surface area (TPSA) is 9.23 Å². The van der Waals surface area contributed by atoms with Gasteiger partial charge in [-0.2, -0.15) is 0 Å². The zero-order chi connectivity index (χ0) is 43.3. The van der Waals surface area contributed by atoms with Crippen molar-refractivity contribution in [3.8, 4) is 0 Å². The summed E-state index contributed by atoms with van der Waals surface area (Å²) in [5.74, 6) is 3.29. The van der Waals surface area contributed by atoms with Crippen LogP contribution in [0.15, 0.2) is 12.7 Å². The van der Waals surface area contributed by atoms with Crippen molar-refractivity contribution < 1.29 is 4.74 Å². The molecule has 1 atom stereocenters. The van der Waals surface area contributed by atoms with Crippen LogP contribution in [-0.4, -0.2) is 12.2 Å². The number of hydrogen-bond donors (Lipinski definition) is 0. The fourth-order valence-corrected chi connectivity index (χ4v) is 5.04. The third kappa shape index (κ3) is 65.0. The van der Waals surface area contributed by atoms with Gasteiger partial charge < -0.3 is 4.74 Å². The fourth-order valence-electron chi connectivity index (χ4n) is 5.04. The van der Waals surface area contributed by atoms with Crippen molar-refractivity contribution in [2.45, 2.75) is 246 Å². The molecular formula is C50H110O. The summed E-state index contributed by atoms with van der Waals surface area (Å²) in [5, 5.41) is 0. The first-order chi connectivity index (χ1) is 21.8. The lowest BCUT2D eigenvalue weighted by Crippen LogP contribution is -2.30. The molecule has 0 aliphatic heterocycles. The van der Waals surface area contributed by atoms with E-state index >= 15 is 0 Å². The highest BCUT2D eigenvalue weighted by molar-refractivity contribution is 4.79. The molecule has 0 heterocycles. The summed E-state index contributed by atoms with van der Waals surface area (Å²) in [4.78, 5) is 0. The van der Waals surface area contributed by atoms with Gasteiger partial charge in [-0.25, -0.2) is 0 Å². The molecule has 0 saturated carbocycles. The van der Waals surface area contributed by atoms with Gasteiger partial charge in [-0.1, -0.05) is 213 Å². The Kier molecular flexibility index (Phi) is 32.6. The van der Waals surface area contributed by atoms with Crippen LogP contribution in [0.3, 0.4) is 0 Å². The third-order valence-corrected chi connectivity index (χ3v) is 9.18. The summed E-state index contributed by atoms with van der Waals surface area (Å²) in [6.45, 7) is 74.3. The normalized spacial score (nSPS) is 13.6. The maximum atomic E-state index is 5.64. The lowest BCUT2D eigenvalue weighted by Gasteiger charge is -2.32. The maximum Gasteiger partial charge on any atom is 0.0652 e. The van der Waals surface area contributed by atoms with E-state index in [4.69, 9.17) is 4.74 Å². The van der Waals surface area contributed by atoms with Crippen molar-refractivity contribution in [3.63, 3.8) is 0 Å². The van der Waals surface area contributed by atoms with Crippen molar-refractivity contribution in [2.75, 3.05) is 6.61 Å². The SMILES string of the molecule is C=CCOC(C)(C)CC(C)(C)C.CC(C)(C)CC(C)(C)C.CC(C)C(C)(C)C.CC(C)C(C)(C)C.CC(C)CC(C)(C)C.CCC(C)C(C)(C)C. The highest BCUT2D eigenvalue weighted by atomic mass is 16.5. The van der Waals surface area contributed by atoms with Crippen LogP contribution < -0.4 is 0 Å². The van der Waals surface area contributed by atoms with E-state index < -0.39 is 0 Å². The molecule has 0 fully saturated rings. The van der Waals surface area contributed by atoms with Crippen LogP contribution in [0.4, 0.5) is 0 Å². The second-order valence-corrected chi connectivity index (χ2v) is 25.3. The van der Waals surface area contributed by atoms with Crippen LogP contribution in [0.2, 0.25) is 0 Å². The van der Waals surface area contributed by atoms with Gasteiger partial charge in [0.1, 0.15) is 0 Å². The van der Waals surface area contributed by atoms with Crippen LogP contribution in [0, 0.1) is 61.6 Å². The molecule has 0 bridgehead atoms. The molecule has 0 aromatic carbocycles. The molecule has 0 aromatic heterocycles. The van der Waals surface area contributed by atoms with E-state index in [1.165, 1.54) is 19.3 Å². The van der Waals surface area contributed by atoms with Gasteiger partial charge in [0.15, 0.2) is 0 Å². The van der Waals surface area contributed by atoms with Crippen molar-refractivity contribution in [2.24, 2.45) is 61.6 Å². The Bertz CT molecular complexity index is 742. The standard InChI is InChI=1S/C11H22O.C9H20.2C8H18.2C7H16/c1-7-8-12-11(5,6)9-10(2,3)4;1-8(2,3)7-9(4,5)6;1-7(2)6-8(3,4)5;1-6-7(2)8(3,4)5;2*1-6(2)7(3,4)5/h7H,1,8-9H2,2-6H3;7H2,1-6H3;2*7H,6H2,1-5H3;2*6H,1-5H3. The van der Waals surface area contributed by atoms with E-state index in [-0.39, 0.29) is 5.60 Å². The maximum absolute atomic E-state index is 5.64. The number of ether oxygens (including phenoxy) is 1. The highest BCUT2D eigenvalue weighted by Gasteiger charge is 2.25. The van der Waals surface area contributed by atoms with E-state index in [9.17, 15) is 0 Å². The molecule has 0 saturated heterocycles. The Balaban J connectivity index is -0.000000120. The average molecular weight is 727 g/mol. The molecule has 0 radical (unpaired) electrons. The summed E-state index contributed by atoms with van der Waals surface area (Å²) in [6, 6.07) is 0. The van der Waals surface area contributed by atoms with Crippen molar-refractivity contribution >= 4 is 0 Å². The number of hydrogen-bond acceptors (Lipinski definition) is 1. The smallest absolute Gasteiger partial charge is 0.0652 e. The molecular weight excluding hydrogens is 617 g/mol. The highest BCUT2D eigenvalue weighted by Crippen LogP contribution is 2.32. The molecule has 1 unspecified atom stereocenters. The van der Waals surface area contributed by atoms with Crippen molar-refractivity contribution in [1.82, 2.24) is 0 Å². The van der Waals surface area contributed by atoms with E-state index in [0.717, 1.165) is 30.1 Å². The molecule has 1 heteroatoms. The van der Waals surface area contributed by atoms with Crippen molar-refractivity contribution in [1.29, 1.82) is 0 Å². The Morgan fingerprint density at radius 2 is 0.725 bits per heavy atom. The molecule has 0 amide bonds. The first kappa shape index (κ1) is 62.7. The Labute approximate surface area is 330 Å². The largest absolute Gasteiger partial charge is 0.372 e. The van der Waals surface area contributed by atoms with Crippen LogP contribution in [0.25, 0.3) is 0 Å². The van der Waals surface area contributed by atoms with Gasteiger partial charge >= 0.3 is 0 Å². The van der Waals surface area contributed by atoms with E-state index in [2.05, 4.69) is 221 Å². The molecule has 0 aliphatic carbocycles. The van der Waals surface area contributed by atoms with Gasteiger partial charge in [0.05, 0.1) is 12.2 Å². The predicted octanol–water partition coefficient (Wildman–Crippen LogP) is 18.4.